The number of nitrogens with zero attached hydrogens (tertiary/aromatic N) is 1. The SMILES string of the molecule is O=CN1C(=O)OCC1Cc1ccccc1. The van der Waals surface area contributed by atoms with Gasteiger partial charge in [-0.1, -0.05) is 30.3 Å². The van der Waals surface area contributed by atoms with Gasteiger partial charge in [-0.3, -0.25) is 4.79 Å². The van der Waals surface area contributed by atoms with Crippen molar-refractivity contribution in [3.63, 3.8) is 0 Å². The molecule has 0 radical (unpaired) electrons. The van der Waals surface area contributed by atoms with Gasteiger partial charge < -0.3 is 4.74 Å². The molecule has 1 unspecified atom stereocenters. The van der Waals surface area contributed by atoms with Gasteiger partial charge in [0.1, 0.15) is 6.61 Å². The maximum atomic E-state index is 11.1. The first-order valence-electron chi connectivity index (χ1n) is 4.75. The fourth-order valence-corrected chi connectivity index (χ4v) is 1.64. The zero-order valence-corrected chi connectivity index (χ0v) is 8.13. The molecule has 0 saturated carbocycles. The monoisotopic (exact) mass is 205 g/mol. The van der Waals surface area contributed by atoms with Crippen LogP contribution in [0.2, 0.25) is 0 Å². The number of carbonyl (C=O) groups excluding carboxylic acids is 2. The third-order valence-electron chi connectivity index (χ3n) is 2.43. The maximum absolute atomic E-state index is 11.1. The van der Waals surface area contributed by atoms with Crippen LogP contribution in [0.5, 0.6) is 0 Å². The van der Waals surface area contributed by atoms with Crippen LogP contribution in [0.3, 0.4) is 0 Å². The van der Waals surface area contributed by atoms with Crippen molar-refractivity contribution in [2.75, 3.05) is 6.61 Å². The zero-order chi connectivity index (χ0) is 10.7. The first-order valence-corrected chi connectivity index (χ1v) is 4.75. The maximum Gasteiger partial charge on any atom is 0.416 e. The Labute approximate surface area is 87.4 Å². The van der Waals surface area contributed by atoms with Gasteiger partial charge in [0.25, 0.3) is 0 Å². The summed E-state index contributed by atoms with van der Waals surface area (Å²) in [6.07, 6.45) is 0.625. The molecule has 1 heterocycles. The summed E-state index contributed by atoms with van der Waals surface area (Å²) >= 11 is 0. The van der Waals surface area contributed by atoms with Crippen molar-refractivity contribution in [2.24, 2.45) is 0 Å². The number of amides is 2. The van der Waals surface area contributed by atoms with E-state index in [2.05, 4.69) is 0 Å². The third kappa shape index (κ3) is 1.98. The molecule has 1 aliphatic rings. The summed E-state index contributed by atoms with van der Waals surface area (Å²) in [7, 11) is 0. The van der Waals surface area contributed by atoms with E-state index in [4.69, 9.17) is 4.74 Å². The summed E-state index contributed by atoms with van der Waals surface area (Å²) in [5, 5.41) is 0. The van der Waals surface area contributed by atoms with Crippen LogP contribution in [0.4, 0.5) is 4.79 Å². The Morgan fingerprint density at radius 1 is 1.40 bits per heavy atom. The van der Waals surface area contributed by atoms with Crippen LogP contribution in [0.15, 0.2) is 30.3 Å². The molecule has 78 valence electrons. The largest absolute Gasteiger partial charge is 0.447 e. The molecule has 0 N–H and O–H groups in total. The molecule has 1 saturated heterocycles. The number of imide groups is 1. The van der Waals surface area contributed by atoms with Gasteiger partial charge in [0.05, 0.1) is 6.04 Å². The van der Waals surface area contributed by atoms with Crippen molar-refractivity contribution in [3.8, 4) is 0 Å². The topological polar surface area (TPSA) is 46.6 Å². The Morgan fingerprint density at radius 2 is 2.13 bits per heavy atom. The number of benzene rings is 1. The van der Waals surface area contributed by atoms with E-state index >= 15 is 0 Å². The lowest BCUT2D eigenvalue weighted by Gasteiger charge is -2.13. The Morgan fingerprint density at radius 3 is 2.80 bits per heavy atom. The van der Waals surface area contributed by atoms with Gasteiger partial charge >= 0.3 is 6.09 Å². The molecule has 0 spiro atoms. The van der Waals surface area contributed by atoms with Crippen LogP contribution in [0.1, 0.15) is 5.56 Å². The van der Waals surface area contributed by atoms with E-state index in [1.165, 1.54) is 0 Å². The lowest BCUT2D eigenvalue weighted by Crippen LogP contribution is -2.33. The Bertz CT molecular complexity index is 363. The summed E-state index contributed by atoms with van der Waals surface area (Å²) in [4.78, 5) is 22.8. The Balaban J connectivity index is 2.07. The van der Waals surface area contributed by atoms with E-state index < -0.39 is 6.09 Å². The summed E-state index contributed by atoms with van der Waals surface area (Å²) in [6, 6.07) is 9.54. The van der Waals surface area contributed by atoms with Gasteiger partial charge in [0.2, 0.25) is 6.41 Å². The van der Waals surface area contributed by atoms with Gasteiger partial charge in [0, 0.05) is 0 Å². The van der Waals surface area contributed by atoms with Crippen molar-refractivity contribution in [3.05, 3.63) is 35.9 Å². The van der Waals surface area contributed by atoms with Crippen molar-refractivity contribution in [1.82, 2.24) is 4.90 Å². The molecule has 0 bridgehead atoms. The minimum Gasteiger partial charge on any atom is -0.447 e. The van der Waals surface area contributed by atoms with Crippen molar-refractivity contribution < 1.29 is 14.3 Å². The van der Waals surface area contributed by atoms with Gasteiger partial charge in [0.15, 0.2) is 0 Å². The van der Waals surface area contributed by atoms with Crippen molar-refractivity contribution >= 4 is 12.5 Å². The van der Waals surface area contributed by atoms with Crippen LogP contribution >= 0.6 is 0 Å². The molecule has 15 heavy (non-hydrogen) atoms. The number of hydrogen-bond donors (Lipinski definition) is 0. The van der Waals surface area contributed by atoms with E-state index in [1.807, 2.05) is 30.3 Å². The van der Waals surface area contributed by atoms with Crippen molar-refractivity contribution in [1.29, 1.82) is 0 Å². The third-order valence-corrected chi connectivity index (χ3v) is 2.43. The van der Waals surface area contributed by atoms with Crippen LogP contribution < -0.4 is 0 Å². The minimum absolute atomic E-state index is 0.169. The number of hydrogen-bond acceptors (Lipinski definition) is 3. The second-order valence-electron chi connectivity index (χ2n) is 3.43. The predicted octanol–water partition coefficient (Wildman–Crippen LogP) is 1.21. The molecule has 1 aromatic carbocycles. The fourth-order valence-electron chi connectivity index (χ4n) is 1.64. The number of cyclic esters (lactones) is 1. The summed E-state index contributed by atoms with van der Waals surface area (Å²) < 4.78 is 4.80. The Hall–Kier alpha value is -1.84. The molecule has 2 rings (SSSR count). The summed E-state index contributed by atoms with van der Waals surface area (Å²) in [5.74, 6) is 0. The van der Waals surface area contributed by atoms with Crippen LogP contribution in [0.25, 0.3) is 0 Å². The highest BCUT2D eigenvalue weighted by Crippen LogP contribution is 2.14. The summed E-state index contributed by atoms with van der Waals surface area (Å²) in [6.45, 7) is 0.284. The molecule has 1 atom stereocenters. The number of rotatable bonds is 3. The number of carbonyl (C=O) groups is 2. The number of ether oxygens (including phenoxy) is 1. The van der Waals surface area contributed by atoms with Crippen molar-refractivity contribution in [2.45, 2.75) is 12.5 Å². The average molecular weight is 205 g/mol. The van der Waals surface area contributed by atoms with E-state index in [1.54, 1.807) is 0 Å². The predicted molar refractivity (Wildman–Crippen MR) is 53.2 cm³/mol. The fraction of sp³-hybridized carbons (Fsp3) is 0.273. The van der Waals surface area contributed by atoms with E-state index in [0.717, 1.165) is 10.5 Å². The van der Waals surface area contributed by atoms with Crippen LogP contribution in [0, 0.1) is 0 Å². The molecule has 4 nitrogen and oxygen atoms in total. The highest BCUT2D eigenvalue weighted by molar-refractivity contribution is 5.82. The second kappa shape index (κ2) is 4.13. The van der Waals surface area contributed by atoms with Gasteiger partial charge in [-0.05, 0) is 12.0 Å². The highest BCUT2D eigenvalue weighted by Gasteiger charge is 2.32. The van der Waals surface area contributed by atoms with Crippen LogP contribution in [-0.4, -0.2) is 30.1 Å². The van der Waals surface area contributed by atoms with Gasteiger partial charge in [-0.25, -0.2) is 9.69 Å². The zero-order valence-electron chi connectivity index (χ0n) is 8.13. The molecule has 0 aromatic heterocycles. The molecule has 1 fully saturated rings. The van der Waals surface area contributed by atoms with E-state index in [9.17, 15) is 9.59 Å². The van der Waals surface area contributed by atoms with Crippen LogP contribution in [-0.2, 0) is 16.0 Å². The molecule has 1 aliphatic heterocycles. The first kappa shape index (κ1) is 9.71. The average Bonchev–Trinajstić information content (AvgIpc) is 2.61. The molecule has 2 amide bonds. The van der Waals surface area contributed by atoms with Gasteiger partial charge in [-0.15, -0.1) is 0 Å². The summed E-state index contributed by atoms with van der Waals surface area (Å²) in [5.41, 5.74) is 1.09. The lowest BCUT2D eigenvalue weighted by atomic mass is 10.1. The Kier molecular flexibility index (Phi) is 2.67. The molecular weight excluding hydrogens is 194 g/mol. The smallest absolute Gasteiger partial charge is 0.416 e. The highest BCUT2D eigenvalue weighted by atomic mass is 16.6. The second-order valence-corrected chi connectivity index (χ2v) is 3.43. The molecule has 0 aliphatic carbocycles. The van der Waals surface area contributed by atoms with E-state index in [-0.39, 0.29) is 12.6 Å². The molecular formula is C11H11NO3. The quantitative estimate of drug-likeness (QED) is 0.697. The molecule has 4 heteroatoms. The first-order chi connectivity index (χ1) is 7.31. The standard InChI is InChI=1S/C11H11NO3/c13-8-12-10(7-15-11(12)14)6-9-4-2-1-3-5-9/h1-5,8,10H,6-7H2. The van der Waals surface area contributed by atoms with E-state index in [0.29, 0.717) is 12.8 Å². The normalized spacial score (nSPS) is 20.1. The lowest BCUT2D eigenvalue weighted by molar-refractivity contribution is -0.116. The minimum atomic E-state index is -0.550. The van der Waals surface area contributed by atoms with Gasteiger partial charge in [-0.2, -0.15) is 0 Å². The molecule has 1 aromatic rings.